The van der Waals surface area contributed by atoms with E-state index in [2.05, 4.69) is 10.6 Å². The molecule has 0 bridgehead atoms. The number of nitrogens with one attached hydrogen (secondary N) is 2. The minimum atomic E-state index is -0.0684. The number of amides is 1. The van der Waals surface area contributed by atoms with E-state index in [1.165, 1.54) is 6.92 Å². The molecular weight excluding hydrogens is 216 g/mol. The normalized spacial score (nSPS) is 12.2. The summed E-state index contributed by atoms with van der Waals surface area (Å²) in [6, 6.07) is 7.69. The van der Waals surface area contributed by atoms with Crippen molar-refractivity contribution < 1.29 is 9.90 Å². The van der Waals surface area contributed by atoms with Gasteiger partial charge in [0.2, 0.25) is 5.91 Å². The first kappa shape index (κ1) is 13.7. The van der Waals surface area contributed by atoms with Gasteiger partial charge in [-0.1, -0.05) is 25.1 Å². The van der Waals surface area contributed by atoms with Crippen molar-refractivity contribution in [2.24, 2.45) is 5.92 Å². The Morgan fingerprint density at radius 2 is 2.12 bits per heavy atom. The summed E-state index contributed by atoms with van der Waals surface area (Å²) in [7, 11) is 0. The van der Waals surface area contributed by atoms with Crippen molar-refractivity contribution >= 4 is 11.6 Å². The molecule has 0 aliphatic carbocycles. The average Bonchev–Trinajstić information content (AvgIpc) is 2.30. The van der Waals surface area contributed by atoms with E-state index in [-0.39, 0.29) is 18.4 Å². The van der Waals surface area contributed by atoms with Crippen LogP contribution >= 0.6 is 0 Å². The van der Waals surface area contributed by atoms with Gasteiger partial charge in [0.25, 0.3) is 0 Å². The van der Waals surface area contributed by atoms with Crippen molar-refractivity contribution in [2.45, 2.75) is 20.4 Å². The summed E-state index contributed by atoms with van der Waals surface area (Å²) in [6.45, 7) is 5.09. The number of aliphatic hydroxyl groups excluding tert-OH is 1. The number of anilines is 1. The van der Waals surface area contributed by atoms with Gasteiger partial charge in [0.15, 0.2) is 0 Å². The summed E-state index contributed by atoms with van der Waals surface area (Å²) in [5, 5.41) is 15.0. The highest BCUT2D eigenvalue weighted by Crippen LogP contribution is 2.14. The Kier molecular flexibility index (Phi) is 5.66. The van der Waals surface area contributed by atoms with Gasteiger partial charge in [-0.3, -0.25) is 4.79 Å². The van der Waals surface area contributed by atoms with Crippen LogP contribution in [0.15, 0.2) is 24.3 Å². The molecule has 3 N–H and O–H groups in total. The number of benzene rings is 1. The van der Waals surface area contributed by atoms with Crippen molar-refractivity contribution in [1.82, 2.24) is 5.32 Å². The number of para-hydroxylation sites is 1. The number of aliphatic hydroxyl groups is 1. The molecule has 0 heterocycles. The summed E-state index contributed by atoms with van der Waals surface area (Å²) in [4.78, 5) is 11.0. The first-order valence-electron chi connectivity index (χ1n) is 5.80. The van der Waals surface area contributed by atoms with Crippen LogP contribution in [-0.4, -0.2) is 24.2 Å². The molecule has 0 fully saturated rings. The molecule has 17 heavy (non-hydrogen) atoms. The van der Waals surface area contributed by atoms with E-state index < -0.39 is 0 Å². The highest BCUT2D eigenvalue weighted by atomic mass is 16.3. The molecule has 0 radical (unpaired) electrons. The lowest BCUT2D eigenvalue weighted by molar-refractivity contribution is -0.114. The summed E-state index contributed by atoms with van der Waals surface area (Å²) in [5.41, 5.74) is 1.89. The lowest BCUT2D eigenvalue weighted by Crippen LogP contribution is -2.23. The predicted octanol–water partition coefficient (Wildman–Crippen LogP) is 1.36. The van der Waals surface area contributed by atoms with Crippen LogP contribution in [0.4, 0.5) is 5.69 Å². The Balaban J connectivity index is 2.54. The van der Waals surface area contributed by atoms with E-state index in [4.69, 9.17) is 5.11 Å². The first-order chi connectivity index (χ1) is 8.13. The number of carbonyl (C=O) groups is 1. The van der Waals surface area contributed by atoms with Gasteiger partial charge in [-0.15, -0.1) is 0 Å². The van der Waals surface area contributed by atoms with E-state index >= 15 is 0 Å². The van der Waals surface area contributed by atoms with E-state index in [0.29, 0.717) is 6.54 Å². The monoisotopic (exact) mass is 236 g/mol. The summed E-state index contributed by atoms with van der Waals surface area (Å²) in [5.74, 6) is 0.170. The van der Waals surface area contributed by atoms with E-state index in [9.17, 15) is 4.79 Å². The minimum absolute atomic E-state index is 0.0684. The number of rotatable bonds is 6. The van der Waals surface area contributed by atoms with E-state index in [1.807, 2.05) is 31.2 Å². The smallest absolute Gasteiger partial charge is 0.221 e. The van der Waals surface area contributed by atoms with Crippen molar-refractivity contribution in [3.63, 3.8) is 0 Å². The van der Waals surface area contributed by atoms with Gasteiger partial charge in [0.05, 0.1) is 0 Å². The van der Waals surface area contributed by atoms with Crippen LogP contribution in [0, 0.1) is 5.92 Å². The molecule has 0 saturated heterocycles. The van der Waals surface area contributed by atoms with Gasteiger partial charge in [-0.05, 0) is 17.5 Å². The van der Waals surface area contributed by atoms with Crippen molar-refractivity contribution in [3.05, 3.63) is 29.8 Å². The lowest BCUT2D eigenvalue weighted by Gasteiger charge is -2.12. The summed E-state index contributed by atoms with van der Waals surface area (Å²) >= 11 is 0. The average molecular weight is 236 g/mol. The van der Waals surface area contributed by atoms with Crippen LogP contribution in [0.5, 0.6) is 0 Å². The van der Waals surface area contributed by atoms with Gasteiger partial charge in [-0.2, -0.15) is 0 Å². The quantitative estimate of drug-likeness (QED) is 0.699. The van der Waals surface area contributed by atoms with Crippen molar-refractivity contribution in [1.29, 1.82) is 0 Å². The zero-order valence-electron chi connectivity index (χ0n) is 10.4. The highest BCUT2D eigenvalue weighted by molar-refractivity contribution is 5.89. The maximum Gasteiger partial charge on any atom is 0.221 e. The molecule has 0 spiro atoms. The molecule has 4 heteroatoms. The van der Waals surface area contributed by atoms with Crippen LogP contribution < -0.4 is 10.6 Å². The fourth-order valence-electron chi connectivity index (χ4n) is 1.50. The van der Waals surface area contributed by atoms with E-state index in [1.54, 1.807) is 0 Å². The molecule has 4 nitrogen and oxygen atoms in total. The molecular formula is C13H20N2O2. The highest BCUT2D eigenvalue weighted by Gasteiger charge is 2.04. The van der Waals surface area contributed by atoms with Crippen LogP contribution in [0.3, 0.4) is 0 Å². The Morgan fingerprint density at radius 1 is 1.41 bits per heavy atom. The summed E-state index contributed by atoms with van der Waals surface area (Å²) in [6.07, 6.45) is 0. The van der Waals surface area contributed by atoms with E-state index in [0.717, 1.165) is 17.8 Å². The molecule has 1 atom stereocenters. The molecule has 1 rings (SSSR count). The largest absolute Gasteiger partial charge is 0.396 e. The van der Waals surface area contributed by atoms with Crippen LogP contribution in [0.2, 0.25) is 0 Å². The molecule has 1 aromatic carbocycles. The zero-order valence-corrected chi connectivity index (χ0v) is 10.4. The van der Waals surface area contributed by atoms with Gasteiger partial charge in [-0.25, -0.2) is 0 Å². The first-order valence-corrected chi connectivity index (χ1v) is 5.80. The van der Waals surface area contributed by atoms with Gasteiger partial charge < -0.3 is 15.7 Å². The third kappa shape index (κ3) is 4.97. The second-order valence-corrected chi connectivity index (χ2v) is 4.26. The number of carbonyl (C=O) groups excluding carboxylic acids is 1. The molecule has 94 valence electrons. The maximum absolute atomic E-state index is 11.0. The van der Waals surface area contributed by atoms with Crippen LogP contribution in [0.1, 0.15) is 19.4 Å². The Morgan fingerprint density at radius 3 is 2.76 bits per heavy atom. The third-order valence-corrected chi connectivity index (χ3v) is 2.45. The fraction of sp³-hybridized carbons (Fsp3) is 0.462. The van der Waals surface area contributed by atoms with Crippen LogP contribution in [-0.2, 0) is 11.3 Å². The Labute approximate surface area is 102 Å². The van der Waals surface area contributed by atoms with Crippen molar-refractivity contribution in [2.75, 3.05) is 18.5 Å². The predicted molar refractivity (Wildman–Crippen MR) is 68.7 cm³/mol. The van der Waals surface area contributed by atoms with Crippen LogP contribution in [0.25, 0.3) is 0 Å². The number of hydrogen-bond acceptors (Lipinski definition) is 3. The minimum Gasteiger partial charge on any atom is -0.396 e. The third-order valence-electron chi connectivity index (χ3n) is 2.45. The molecule has 0 saturated carbocycles. The van der Waals surface area contributed by atoms with Gasteiger partial charge in [0, 0.05) is 32.3 Å². The second kappa shape index (κ2) is 7.04. The Hall–Kier alpha value is -1.39. The molecule has 0 aromatic heterocycles. The molecule has 0 aliphatic rings. The SMILES string of the molecule is CC(=O)Nc1ccccc1CNCC(C)CO. The lowest BCUT2D eigenvalue weighted by atomic mass is 10.1. The van der Waals surface area contributed by atoms with Gasteiger partial charge in [0.1, 0.15) is 0 Å². The standard InChI is InChI=1S/C13H20N2O2/c1-10(9-16)7-14-8-12-5-3-4-6-13(12)15-11(2)17/h3-6,10,14,16H,7-9H2,1-2H3,(H,15,17). The number of hydrogen-bond donors (Lipinski definition) is 3. The second-order valence-electron chi connectivity index (χ2n) is 4.26. The van der Waals surface area contributed by atoms with Gasteiger partial charge >= 0.3 is 0 Å². The molecule has 0 aliphatic heterocycles. The molecule has 1 unspecified atom stereocenters. The zero-order chi connectivity index (χ0) is 12.7. The molecule has 1 amide bonds. The topological polar surface area (TPSA) is 61.4 Å². The summed E-state index contributed by atoms with van der Waals surface area (Å²) < 4.78 is 0. The fourth-order valence-corrected chi connectivity index (χ4v) is 1.50. The molecule has 1 aromatic rings. The Bertz CT molecular complexity index is 366. The maximum atomic E-state index is 11.0. The van der Waals surface area contributed by atoms with Crippen molar-refractivity contribution in [3.8, 4) is 0 Å².